The molecular weight excluding hydrogens is 364 g/mol. The Kier molecular flexibility index (Phi) is 8.55. The van der Waals surface area contributed by atoms with E-state index in [1.165, 1.54) is 12.1 Å². The van der Waals surface area contributed by atoms with Gasteiger partial charge in [-0.15, -0.1) is 0 Å². The summed E-state index contributed by atoms with van der Waals surface area (Å²) in [6.07, 6.45) is -0.840. The summed E-state index contributed by atoms with van der Waals surface area (Å²) in [4.78, 5) is 22.2. The Labute approximate surface area is 155 Å². The second-order valence-electron chi connectivity index (χ2n) is 5.22. The van der Waals surface area contributed by atoms with Crippen molar-refractivity contribution in [3.05, 3.63) is 22.2 Å². The van der Waals surface area contributed by atoms with Gasteiger partial charge in [-0.05, 0) is 0 Å². The number of amides is 1. The number of hydrogen-bond acceptors (Lipinski definition) is 9. The van der Waals surface area contributed by atoms with E-state index in [4.69, 9.17) is 23.7 Å². The van der Waals surface area contributed by atoms with E-state index in [0.717, 1.165) is 7.11 Å². The summed E-state index contributed by atoms with van der Waals surface area (Å²) in [5, 5.41) is 13.6. The summed E-state index contributed by atoms with van der Waals surface area (Å²) in [6, 6.07) is 2.50. The van der Waals surface area contributed by atoms with Crippen LogP contribution in [0.3, 0.4) is 0 Å². The molecule has 0 saturated heterocycles. The zero-order chi connectivity index (χ0) is 19.5. The summed E-state index contributed by atoms with van der Waals surface area (Å²) in [5.41, 5.74) is -0.427. The van der Waals surface area contributed by atoms with Gasteiger partial charge in [-0.1, -0.05) is 0 Å². The van der Waals surface area contributed by atoms with E-state index in [0.29, 0.717) is 26.4 Å². The van der Waals surface area contributed by atoms with Crippen LogP contribution < -0.4 is 14.8 Å². The van der Waals surface area contributed by atoms with E-state index in [9.17, 15) is 14.9 Å². The van der Waals surface area contributed by atoms with Crippen molar-refractivity contribution >= 4 is 17.5 Å². The van der Waals surface area contributed by atoms with E-state index < -0.39 is 11.0 Å². The van der Waals surface area contributed by atoms with Crippen molar-refractivity contribution in [3.8, 4) is 11.5 Å². The standard InChI is InChI=1S/C16H22N2O9/c1-22-16(19)17-12-10-14-15(11-13(12)18(20)21)27-9-7-25-5-3-23-2-4-24-6-8-26-14/h10-11H,2-9H2,1H3,(H,17,19). The van der Waals surface area contributed by atoms with E-state index in [1.54, 1.807) is 0 Å². The van der Waals surface area contributed by atoms with Gasteiger partial charge in [-0.2, -0.15) is 0 Å². The Balaban J connectivity index is 2.22. The average Bonchev–Trinajstić information content (AvgIpc) is 2.66. The molecule has 1 aromatic rings. The highest BCUT2D eigenvalue weighted by molar-refractivity contribution is 5.88. The van der Waals surface area contributed by atoms with Crippen molar-refractivity contribution in [3.63, 3.8) is 0 Å². The number of rotatable bonds is 2. The molecule has 0 spiro atoms. The lowest BCUT2D eigenvalue weighted by molar-refractivity contribution is -0.384. The van der Waals surface area contributed by atoms with Gasteiger partial charge >= 0.3 is 6.09 Å². The molecule has 0 saturated carbocycles. The molecule has 0 aromatic heterocycles. The minimum Gasteiger partial charge on any atom is -0.487 e. The number of nitro groups is 1. The van der Waals surface area contributed by atoms with Crippen molar-refractivity contribution in [1.29, 1.82) is 0 Å². The molecule has 1 aliphatic rings. The molecule has 2 rings (SSSR count). The first kappa shape index (κ1) is 20.7. The fraction of sp³-hybridized carbons (Fsp3) is 0.562. The topological polar surface area (TPSA) is 128 Å². The molecule has 0 unspecified atom stereocenters. The quantitative estimate of drug-likeness (QED) is 0.595. The molecule has 11 nitrogen and oxygen atoms in total. The van der Waals surface area contributed by atoms with Crippen LogP contribution in [0.5, 0.6) is 11.5 Å². The van der Waals surface area contributed by atoms with Crippen LogP contribution in [0.25, 0.3) is 0 Å². The number of ether oxygens (including phenoxy) is 6. The van der Waals surface area contributed by atoms with Crippen molar-refractivity contribution in [1.82, 2.24) is 0 Å². The van der Waals surface area contributed by atoms with Gasteiger partial charge < -0.3 is 28.4 Å². The Morgan fingerprint density at radius 1 is 0.963 bits per heavy atom. The molecule has 1 heterocycles. The monoisotopic (exact) mass is 386 g/mol. The number of nitrogens with one attached hydrogen (secondary N) is 1. The molecule has 11 heteroatoms. The minimum absolute atomic E-state index is 0.0716. The van der Waals surface area contributed by atoms with Crippen LogP contribution in [-0.2, 0) is 18.9 Å². The first-order chi connectivity index (χ1) is 13.1. The van der Waals surface area contributed by atoms with Gasteiger partial charge in [0.1, 0.15) is 18.9 Å². The molecule has 27 heavy (non-hydrogen) atoms. The number of nitrogens with zero attached hydrogens (tertiary/aromatic N) is 1. The second-order valence-corrected chi connectivity index (χ2v) is 5.22. The highest BCUT2D eigenvalue weighted by Gasteiger charge is 2.22. The summed E-state index contributed by atoms with van der Waals surface area (Å²) >= 11 is 0. The van der Waals surface area contributed by atoms with E-state index >= 15 is 0 Å². The van der Waals surface area contributed by atoms with Crippen LogP contribution >= 0.6 is 0 Å². The third-order valence-electron chi connectivity index (χ3n) is 3.40. The number of hydrogen-bond donors (Lipinski definition) is 1. The SMILES string of the molecule is COC(=O)Nc1cc2c(cc1[N+](=O)[O-])OCCOCCOCCOCCO2. The Morgan fingerprint density at radius 2 is 1.44 bits per heavy atom. The van der Waals surface area contributed by atoms with Crippen LogP contribution in [0.2, 0.25) is 0 Å². The Morgan fingerprint density at radius 3 is 1.93 bits per heavy atom. The number of carbonyl (C=O) groups excluding carboxylic acids is 1. The third-order valence-corrected chi connectivity index (χ3v) is 3.40. The van der Waals surface area contributed by atoms with Gasteiger partial charge in [0.15, 0.2) is 11.5 Å². The fourth-order valence-electron chi connectivity index (χ4n) is 2.15. The molecular formula is C16H22N2O9. The second kappa shape index (κ2) is 11.2. The first-order valence-electron chi connectivity index (χ1n) is 8.28. The lowest BCUT2D eigenvalue weighted by Gasteiger charge is -2.15. The maximum atomic E-state index is 11.5. The van der Waals surface area contributed by atoms with Crippen LogP contribution in [0.1, 0.15) is 0 Å². The summed E-state index contributed by atoms with van der Waals surface area (Å²) in [6.45, 7) is 2.58. The van der Waals surface area contributed by atoms with Crippen molar-refractivity contribution < 1.29 is 38.1 Å². The Bertz CT molecular complexity index is 639. The summed E-state index contributed by atoms with van der Waals surface area (Å²) < 4.78 is 31.7. The van der Waals surface area contributed by atoms with Crippen molar-refractivity contribution in [2.24, 2.45) is 0 Å². The summed E-state index contributed by atoms with van der Waals surface area (Å²) in [7, 11) is 1.16. The first-order valence-corrected chi connectivity index (χ1v) is 8.28. The molecule has 0 radical (unpaired) electrons. The predicted molar refractivity (Wildman–Crippen MR) is 92.6 cm³/mol. The van der Waals surface area contributed by atoms with Crippen LogP contribution in [0.4, 0.5) is 16.2 Å². The van der Waals surface area contributed by atoms with Gasteiger partial charge in [0.2, 0.25) is 0 Å². The lowest BCUT2D eigenvalue weighted by atomic mass is 10.2. The predicted octanol–water partition coefficient (Wildman–Crippen LogP) is 1.59. The third kappa shape index (κ3) is 6.89. The highest BCUT2D eigenvalue weighted by atomic mass is 16.6. The maximum Gasteiger partial charge on any atom is 0.411 e. The van der Waals surface area contributed by atoms with Crippen molar-refractivity contribution in [2.45, 2.75) is 0 Å². The summed E-state index contributed by atoms with van der Waals surface area (Å²) in [5.74, 6) is 0.383. The van der Waals surface area contributed by atoms with Crippen LogP contribution in [0.15, 0.2) is 12.1 Å². The number of fused-ring (bicyclic) bond motifs is 1. The smallest absolute Gasteiger partial charge is 0.411 e. The highest BCUT2D eigenvalue weighted by Crippen LogP contribution is 2.38. The molecule has 150 valence electrons. The van der Waals surface area contributed by atoms with E-state index in [2.05, 4.69) is 10.1 Å². The van der Waals surface area contributed by atoms with E-state index in [1.807, 2.05) is 0 Å². The number of nitro benzene ring substituents is 1. The lowest BCUT2D eigenvalue weighted by Crippen LogP contribution is -2.14. The molecule has 0 fully saturated rings. The number of benzene rings is 1. The van der Waals surface area contributed by atoms with E-state index in [-0.39, 0.29) is 49.3 Å². The molecule has 0 bridgehead atoms. The van der Waals surface area contributed by atoms with Crippen LogP contribution in [0, 0.1) is 10.1 Å². The molecule has 1 aromatic carbocycles. The fourth-order valence-corrected chi connectivity index (χ4v) is 2.15. The molecule has 0 aliphatic carbocycles. The van der Waals surface area contributed by atoms with Gasteiger partial charge in [0.05, 0.1) is 57.7 Å². The van der Waals surface area contributed by atoms with Gasteiger partial charge in [0.25, 0.3) is 5.69 Å². The molecule has 1 aliphatic heterocycles. The van der Waals surface area contributed by atoms with Crippen LogP contribution in [-0.4, -0.2) is 71.0 Å². The molecule has 1 N–H and O–H groups in total. The zero-order valence-corrected chi connectivity index (χ0v) is 14.9. The molecule has 1 amide bonds. The van der Waals surface area contributed by atoms with Crippen molar-refractivity contribution in [2.75, 3.05) is 65.3 Å². The van der Waals surface area contributed by atoms with Gasteiger partial charge in [0, 0.05) is 6.07 Å². The molecule has 0 atom stereocenters. The van der Waals surface area contributed by atoms with Gasteiger partial charge in [-0.25, -0.2) is 4.79 Å². The number of carbonyl (C=O) groups is 1. The zero-order valence-electron chi connectivity index (χ0n) is 14.9. The Hall–Kier alpha value is -2.63. The maximum absolute atomic E-state index is 11.5. The normalized spacial score (nSPS) is 16.5. The van der Waals surface area contributed by atoms with Gasteiger partial charge in [-0.3, -0.25) is 15.4 Å². The largest absolute Gasteiger partial charge is 0.487 e. The number of methoxy groups -OCH3 is 1. The minimum atomic E-state index is -0.840. The number of anilines is 1. The average molecular weight is 386 g/mol.